The van der Waals surface area contributed by atoms with E-state index in [1.54, 1.807) is 6.08 Å². The molecule has 10 heteroatoms. The van der Waals surface area contributed by atoms with Crippen LogP contribution in [0.25, 0.3) is 11.2 Å². The first kappa shape index (κ1) is 19.2. The molecule has 0 radical (unpaired) electrons. The highest BCUT2D eigenvalue weighted by molar-refractivity contribution is 7.99. The number of rotatable bonds is 4. The summed E-state index contributed by atoms with van der Waals surface area (Å²) in [6.45, 7) is 4.49. The van der Waals surface area contributed by atoms with E-state index in [0.717, 1.165) is 53.7 Å². The standard InChI is InChI=1S/C18H24N8S2/c1-11(19)5-17(27)24-16-6-14(15-9-20-3-4-28-15)23-18-13(8-22-26(16)18)12-7-21-25(2)10-12/h5-6,8,10,15,20-21H,3-4,7,9,19H2,1-2H3,(H,24,27). The molecule has 1 unspecified atom stereocenters. The zero-order valence-electron chi connectivity index (χ0n) is 15.9. The van der Waals surface area contributed by atoms with Crippen LogP contribution in [0, 0.1) is 0 Å². The second kappa shape index (κ2) is 8.08. The summed E-state index contributed by atoms with van der Waals surface area (Å²) < 4.78 is 1.81. The summed E-state index contributed by atoms with van der Waals surface area (Å²) in [5.41, 5.74) is 13.7. The summed E-state index contributed by atoms with van der Waals surface area (Å²) in [4.78, 5) is 5.53. The van der Waals surface area contributed by atoms with Gasteiger partial charge in [-0.2, -0.15) is 9.61 Å². The lowest BCUT2D eigenvalue weighted by atomic mass is 10.1. The van der Waals surface area contributed by atoms with Crippen molar-refractivity contribution < 1.29 is 0 Å². The number of hydrogen-bond acceptors (Lipinski definition) is 8. The Hall–Kier alpha value is -2.14. The summed E-state index contributed by atoms with van der Waals surface area (Å²) in [6.07, 6.45) is 5.67. The first-order chi connectivity index (χ1) is 13.5. The Balaban J connectivity index is 1.79. The molecule has 2 aromatic rings. The van der Waals surface area contributed by atoms with Crippen LogP contribution in [0.1, 0.15) is 23.4 Å². The van der Waals surface area contributed by atoms with Crippen LogP contribution in [0.2, 0.25) is 0 Å². The maximum absolute atomic E-state index is 5.77. The number of nitrogens with zero attached hydrogens (tertiary/aromatic N) is 4. The van der Waals surface area contributed by atoms with Crippen molar-refractivity contribution >= 4 is 46.0 Å². The highest BCUT2D eigenvalue weighted by Gasteiger charge is 2.22. The Morgan fingerprint density at radius 2 is 2.36 bits per heavy atom. The van der Waals surface area contributed by atoms with Gasteiger partial charge in [0, 0.05) is 56.0 Å². The van der Waals surface area contributed by atoms with Crippen molar-refractivity contribution in [3.05, 3.63) is 41.5 Å². The third kappa shape index (κ3) is 4.00. The van der Waals surface area contributed by atoms with Crippen molar-refractivity contribution in [3.8, 4) is 0 Å². The molecule has 148 valence electrons. The van der Waals surface area contributed by atoms with E-state index >= 15 is 0 Å². The van der Waals surface area contributed by atoms with Crippen LogP contribution in [-0.4, -0.2) is 57.0 Å². The minimum atomic E-state index is 0.292. The minimum Gasteiger partial charge on any atom is -0.402 e. The summed E-state index contributed by atoms with van der Waals surface area (Å²) in [6, 6.07) is 2.04. The van der Waals surface area contributed by atoms with Crippen molar-refractivity contribution in [3.63, 3.8) is 0 Å². The topological polar surface area (TPSA) is 95.5 Å². The number of thiocarbonyl (C=S) groups is 1. The van der Waals surface area contributed by atoms with Crippen molar-refractivity contribution in [2.24, 2.45) is 5.73 Å². The highest BCUT2D eigenvalue weighted by Crippen LogP contribution is 2.32. The molecule has 0 spiro atoms. The average molecular weight is 417 g/mol. The number of fused-ring (bicyclic) bond motifs is 1. The van der Waals surface area contributed by atoms with Crippen LogP contribution in [0.3, 0.4) is 0 Å². The van der Waals surface area contributed by atoms with Gasteiger partial charge in [-0.15, -0.1) is 11.8 Å². The van der Waals surface area contributed by atoms with E-state index in [9.17, 15) is 0 Å². The van der Waals surface area contributed by atoms with Gasteiger partial charge in [0.25, 0.3) is 0 Å². The maximum atomic E-state index is 5.77. The molecule has 5 N–H and O–H groups in total. The van der Waals surface area contributed by atoms with E-state index in [0.29, 0.717) is 15.9 Å². The van der Waals surface area contributed by atoms with Gasteiger partial charge in [0.1, 0.15) is 10.8 Å². The molecule has 28 heavy (non-hydrogen) atoms. The van der Waals surface area contributed by atoms with Crippen LogP contribution in [0.5, 0.6) is 0 Å². The average Bonchev–Trinajstić information content (AvgIpc) is 3.27. The number of nitrogens with two attached hydrogens (primary N) is 1. The van der Waals surface area contributed by atoms with Crippen LogP contribution in [0.4, 0.5) is 5.82 Å². The molecule has 0 aliphatic carbocycles. The second-order valence-corrected chi connectivity index (χ2v) is 8.65. The van der Waals surface area contributed by atoms with E-state index in [4.69, 9.17) is 22.9 Å². The fourth-order valence-corrected chi connectivity index (χ4v) is 4.65. The lowest BCUT2D eigenvalue weighted by Crippen LogP contribution is -2.28. The van der Waals surface area contributed by atoms with E-state index in [1.165, 1.54) is 0 Å². The van der Waals surface area contributed by atoms with Gasteiger partial charge >= 0.3 is 0 Å². The van der Waals surface area contributed by atoms with Crippen LogP contribution >= 0.6 is 24.0 Å². The molecule has 4 heterocycles. The van der Waals surface area contributed by atoms with Gasteiger partial charge in [-0.05, 0) is 18.6 Å². The Bertz CT molecular complexity index is 954. The molecule has 1 atom stereocenters. The zero-order valence-corrected chi connectivity index (χ0v) is 17.5. The quantitative estimate of drug-likeness (QED) is 0.437. The molecular formula is C18H24N8S2. The maximum Gasteiger partial charge on any atom is 0.165 e. The molecule has 0 saturated carbocycles. The predicted octanol–water partition coefficient (Wildman–Crippen LogP) is 1.50. The van der Waals surface area contributed by atoms with Gasteiger partial charge in [0.05, 0.1) is 17.1 Å². The number of aromatic nitrogens is 3. The number of allylic oxidation sites excluding steroid dienone is 1. The van der Waals surface area contributed by atoms with Crippen molar-refractivity contribution in [2.45, 2.75) is 12.2 Å². The van der Waals surface area contributed by atoms with Gasteiger partial charge in [-0.1, -0.05) is 12.2 Å². The number of anilines is 1. The van der Waals surface area contributed by atoms with E-state index < -0.39 is 0 Å². The molecule has 2 aliphatic heterocycles. The van der Waals surface area contributed by atoms with Gasteiger partial charge in [0.15, 0.2) is 5.65 Å². The SMILES string of the molecule is CC(N)=CC(=S)Nc1cc(C2CNCCS2)nc2c(C3=CN(C)NC3)cnn12. The zero-order chi connectivity index (χ0) is 19.7. The molecule has 2 aliphatic rings. The summed E-state index contributed by atoms with van der Waals surface area (Å²) in [5.74, 6) is 1.86. The number of hydrogen-bond donors (Lipinski definition) is 4. The molecule has 1 saturated heterocycles. The fourth-order valence-electron chi connectivity index (χ4n) is 3.29. The Labute approximate surface area is 173 Å². The molecule has 0 amide bonds. The minimum absolute atomic E-state index is 0.292. The molecule has 4 rings (SSSR count). The predicted molar refractivity (Wildman–Crippen MR) is 119 cm³/mol. The van der Waals surface area contributed by atoms with Crippen molar-refractivity contribution in [1.29, 1.82) is 0 Å². The lowest BCUT2D eigenvalue weighted by molar-refractivity contribution is 0.374. The van der Waals surface area contributed by atoms with E-state index in [2.05, 4.69) is 27.4 Å². The molecule has 0 bridgehead atoms. The third-order valence-electron chi connectivity index (χ3n) is 4.57. The first-order valence-electron chi connectivity index (χ1n) is 9.14. The summed E-state index contributed by atoms with van der Waals surface area (Å²) in [5, 5.41) is 13.5. The van der Waals surface area contributed by atoms with Crippen LogP contribution in [-0.2, 0) is 0 Å². The second-order valence-electron chi connectivity index (χ2n) is 6.90. The van der Waals surface area contributed by atoms with Gasteiger partial charge < -0.3 is 21.4 Å². The lowest BCUT2D eigenvalue weighted by Gasteiger charge is -2.22. The summed E-state index contributed by atoms with van der Waals surface area (Å²) >= 11 is 7.35. The Morgan fingerprint density at radius 3 is 3.04 bits per heavy atom. The first-order valence-corrected chi connectivity index (χ1v) is 10.6. The smallest absolute Gasteiger partial charge is 0.165 e. The summed E-state index contributed by atoms with van der Waals surface area (Å²) in [7, 11) is 1.98. The molecular weight excluding hydrogens is 392 g/mol. The fraction of sp³-hybridized carbons (Fsp3) is 0.389. The van der Waals surface area contributed by atoms with E-state index in [1.807, 2.05) is 47.5 Å². The van der Waals surface area contributed by atoms with Gasteiger partial charge in [0.2, 0.25) is 0 Å². The third-order valence-corrected chi connectivity index (χ3v) is 6.04. The number of hydrazine groups is 1. The van der Waals surface area contributed by atoms with E-state index in [-0.39, 0.29) is 0 Å². The Morgan fingerprint density at radius 1 is 1.50 bits per heavy atom. The number of nitrogens with one attached hydrogen (secondary N) is 3. The van der Waals surface area contributed by atoms with Crippen molar-refractivity contribution in [2.75, 3.05) is 37.8 Å². The number of thioether (sulfide) groups is 1. The molecule has 0 aromatic carbocycles. The van der Waals surface area contributed by atoms with Gasteiger partial charge in [-0.3, -0.25) is 0 Å². The molecule has 2 aromatic heterocycles. The van der Waals surface area contributed by atoms with Crippen LogP contribution in [0.15, 0.2) is 30.2 Å². The highest BCUT2D eigenvalue weighted by atomic mass is 32.2. The normalized spacial score (nSPS) is 20.5. The van der Waals surface area contributed by atoms with Gasteiger partial charge in [-0.25, -0.2) is 10.4 Å². The monoisotopic (exact) mass is 416 g/mol. The van der Waals surface area contributed by atoms with Crippen LogP contribution < -0.4 is 21.8 Å². The molecule has 8 nitrogen and oxygen atoms in total. The van der Waals surface area contributed by atoms with Crippen molar-refractivity contribution in [1.82, 2.24) is 30.3 Å². The largest absolute Gasteiger partial charge is 0.402 e. The molecule has 1 fully saturated rings. The Kier molecular flexibility index (Phi) is 5.54.